The van der Waals surface area contributed by atoms with Crippen molar-refractivity contribution in [2.24, 2.45) is 0 Å². The van der Waals surface area contributed by atoms with Crippen LogP contribution in [0, 0.1) is 0 Å². The van der Waals surface area contributed by atoms with Crippen LogP contribution in [-0.2, 0) is 4.79 Å². The highest BCUT2D eigenvalue weighted by Gasteiger charge is 2.26. The molecular weight excluding hydrogens is 184 g/mol. The maximum absolute atomic E-state index is 11.6. The molecule has 3 nitrogen and oxygen atoms in total. The van der Waals surface area contributed by atoms with E-state index in [2.05, 4.69) is 5.32 Å². The highest BCUT2D eigenvalue weighted by molar-refractivity contribution is 8.00. The lowest BCUT2D eigenvalue weighted by atomic mass is 10.1. The van der Waals surface area contributed by atoms with Crippen molar-refractivity contribution in [3.05, 3.63) is 0 Å². The Hall–Kier alpha value is -0.220. The van der Waals surface area contributed by atoms with E-state index in [4.69, 9.17) is 0 Å². The summed E-state index contributed by atoms with van der Waals surface area (Å²) in [6, 6.07) is 0. The summed E-state index contributed by atoms with van der Waals surface area (Å²) in [7, 11) is 0. The van der Waals surface area contributed by atoms with E-state index in [1.807, 2.05) is 4.90 Å². The normalized spacial score (nSPS) is 30.6. The molecule has 1 N–H and O–H groups in total. The minimum absolute atomic E-state index is 0.315. The van der Waals surface area contributed by atoms with Gasteiger partial charge in [-0.1, -0.05) is 0 Å². The zero-order valence-electron chi connectivity index (χ0n) is 7.79. The lowest BCUT2D eigenvalue weighted by Crippen LogP contribution is -2.53. The number of hydrogen-bond donors (Lipinski definition) is 1. The maximum atomic E-state index is 11.6. The van der Waals surface area contributed by atoms with Crippen molar-refractivity contribution >= 4 is 17.7 Å². The average Bonchev–Trinajstić information content (AvgIpc) is 2.20. The zero-order valence-corrected chi connectivity index (χ0v) is 8.61. The lowest BCUT2D eigenvalue weighted by molar-refractivity contribution is -0.131. The molecule has 2 aliphatic rings. The minimum Gasteiger partial charge on any atom is -0.326 e. The molecular formula is C9H16N2OS. The van der Waals surface area contributed by atoms with E-state index in [0.29, 0.717) is 17.8 Å². The molecule has 0 saturated carbocycles. The topological polar surface area (TPSA) is 32.3 Å². The molecule has 0 spiro atoms. The van der Waals surface area contributed by atoms with E-state index >= 15 is 0 Å². The Labute approximate surface area is 83.2 Å². The summed E-state index contributed by atoms with van der Waals surface area (Å²) in [4.78, 5) is 13.6. The van der Waals surface area contributed by atoms with Gasteiger partial charge in [-0.15, -0.1) is 0 Å². The van der Waals surface area contributed by atoms with Crippen LogP contribution >= 0.6 is 11.8 Å². The van der Waals surface area contributed by atoms with E-state index in [1.165, 1.54) is 12.8 Å². The Morgan fingerprint density at radius 3 is 3.08 bits per heavy atom. The number of hydrogen-bond acceptors (Lipinski definition) is 3. The number of nitrogens with one attached hydrogen (secondary N) is 1. The molecule has 1 unspecified atom stereocenters. The highest BCUT2D eigenvalue weighted by atomic mass is 32.2. The van der Waals surface area contributed by atoms with Crippen LogP contribution in [0.1, 0.15) is 19.3 Å². The Bertz CT molecular complexity index is 192. The molecule has 1 amide bonds. The molecule has 0 bridgehead atoms. The fourth-order valence-electron chi connectivity index (χ4n) is 1.96. The van der Waals surface area contributed by atoms with Gasteiger partial charge in [0.2, 0.25) is 5.91 Å². The SMILES string of the molecule is O=C1CSCCN1C1CCCCN1. The Kier molecular flexibility index (Phi) is 3.11. The molecule has 74 valence electrons. The predicted molar refractivity (Wildman–Crippen MR) is 54.7 cm³/mol. The van der Waals surface area contributed by atoms with Crippen LogP contribution in [0.3, 0.4) is 0 Å². The van der Waals surface area contributed by atoms with Crippen LogP contribution in [0.15, 0.2) is 0 Å². The molecule has 0 aromatic carbocycles. The summed E-state index contributed by atoms with van der Waals surface area (Å²) in [5.41, 5.74) is 0. The number of carbonyl (C=O) groups is 1. The number of thioether (sulfide) groups is 1. The molecule has 13 heavy (non-hydrogen) atoms. The molecule has 2 rings (SSSR count). The van der Waals surface area contributed by atoms with Crippen molar-refractivity contribution < 1.29 is 4.79 Å². The summed E-state index contributed by atoms with van der Waals surface area (Å²) >= 11 is 1.75. The van der Waals surface area contributed by atoms with Gasteiger partial charge in [-0.25, -0.2) is 0 Å². The third-order valence-corrected chi connectivity index (χ3v) is 3.61. The standard InChI is InChI=1S/C9H16N2OS/c12-9-7-13-6-5-11(9)8-3-1-2-4-10-8/h8,10H,1-7H2. The number of carbonyl (C=O) groups excluding carboxylic acids is 1. The van der Waals surface area contributed by atoms with Gasteiger partial charge in [0, 0.05) is 12.3 Å². The van der Waals surface area contributed by atoms with Crippen molar-refractivity contribution in [1.29, 1.82) is 0 Å². The molecule has 0 radical (unpaired) electrons. The van der Waals surface area contributed by atoms with Gasteiger partial charge in [-0.05, 0) is 25.8 Å². The minimum atomic E-state index is 0.315. The van der Waals surface area contributed by atoms with Crippen molar-refractivity contribution in [2.75, 3.05) is 24.6 Å². The van der Waals surface area contributed by atoms with E-state index in [-0.39, 0.29) is 0 Å². The Morgan fingerprint density at radius 2 is 2.38 bits per heavy atom. The number of nitrogens with zero attached hydrogens (tertiary/aromatic N) is 1. The lowest BCUT2D eigenvalue weighted by Gasteiger charge is -2.37. The van der Waals surface area contributed by atoms with Crippen LogP contribution in [0.2, 0.25) is 0 Å². The molecule has 2 aliphatic heterocycles. The van der Waals surface area contributed by atoms with Crippen LogP contribution in [0.4, 0.5) is 0 Å². The summed E-state index contributed by atoms with van der Waals surface area (Å²) in [5, 5.41) is 3.42. The summed E-state index contributed by atoms with van der Waals surface area (Å²) in [5.74, 6) is 2.10. The molecule has 0 aromatic rings. The molecule has 4 heteroatoms. The van der Waals surface area contributed by atoms with Gasteiger partial charge >= 0.3 is 0 Å². The smallest absolute Gasteiger partial charge is 0.233 e. The molecule has 2 saturated heterocycles. The fourth-order valence-corrected chi connectivity index (χ4v) is 2.77. The van der Waals surface area contributed by atoms with Crippen molar-refractivity contribution in [2.45, 2.75) is 25.4 Å². The average molecular weight is 200 g/mol. The summed E-state index contributed by atoms with van der Waals surface area (Å²) < 4.78 is 0. The van der Waals surface area contributed by atoms with Gasteiger partial charge in [-0.3, -0.25) is 10.1 Å². The van der Waals surface area contributed by atoms with Crippen LogP contribution in [0.5, 0.6) is 0 Å². The monoisotopic (exact) mass is 200 g/mol. The van der Waals surface area contributed by atoms with Crippen molar-refractivity contribution in [3.63, 3.8) is 0 Å². The van der Waals surface area contributed by atoms with E-state index < -0.39 is 0 Å². The fraction of sp³-hybridized carbons (Fsp3) is 0.889. The predicted octanol–water partition coefficient (Wildman–Crippen LogP) is 0.661. The molecule has 2 heterocycles. The van der Waals surface area contributed by atoms with Gasteiger partial charge in [-0.2, -0.15) is 11.8 Å². The summed E-state index contributed by atoms with van der Waals surface area (Å²) in [6.07, 6.45) is 3.99. The molecule has 1 atom stereocenters. The second-order valence-electron chi connectivity index (χ2n) is 3.61. The summed E-state index contributed by atoms with van der Waals surface area (Å²) in [6.45, 7) is 2.00. The van der Waals surface area contributed by atoms with Gasteiger partial charge in [0.15, 0.2) is 0 Å². The van der Waals surface area contributed by atoms with Crippen LogP contribution in [0.25, 0.3) is 0 Å². The Balaban J connectivity index is 1.92. The second-order valence-corrected chi connectivity index (χ2v) is 4.71. The second kappa shape index (κ2) is 4.33. The van der Waals surface area contributed by atoms with E-state index in [9.17, 15) is 4.79 Å². The zero-order chi connectivity index (χ0) is 9.10. The van der Waals surface area contributed by atoms with Gasteiger partial charge < -0.3 is 4.90 Å². The largest absolute Gasteiger partial charge is 0.326 e. The van der Waals surface area contributed by atoms with Gasteiger partial charge in [0.25, 0.3) is 0 Å². The number of rotatable bonds is 1. The first-order valence-electron chi connectivity index (χ1n) is 4.98. The van der Waals surface area contributed by atoms with Crippen molar-refractivity contribution in [3.8, 4) is 0 Å². The number of piperidine rings is 1. The van der Waals surface area contributed by atoms with E-state index in [0.717, 1.165) is 25.3 Å². The van der Waals surface area contributed by atoms with Crippen LogP contribution < -0.4 is 5.32 Å². The number of amides is 1. The maximum Gasteiger partial charge on any atom is 0.233 e. The van der Waals surface area contributed by atoms with Gasteiger partial charge in [0.1, 0.15) is 0 Å². The molecule has 0 aliphatic carbocycles. The first-order valence-corrected chi connectivity index (χ1v) is 6.14. The first kappa shape index (κ1) is 9.34. The molecule has 2 fully saturated rings. The highest BCUT2D eigenvalue weighted by Crippen LogP contribution is 2.17. The van der Waals surface area contributed by atoms with E-state index in [1.54, 1.807) is 11.8 Å². The first-order chi connectivity index (χ1) is 6.38. The van der Waals surface area contributed by atoms with Crippen molar-refractivity contribution in [1.82, 2.24) is 10.2 Å². The third kappa shape index (κ3) is 2.17. The van der Waals surface area contributed by atoms with Crippen LogP contribution in [-0.4, -0.2) is 41.6 Å². The quantitative estimate of drug-likeness (QED) is 0.675. The molecule has 0 aromatic heterocycles. The third-order valence-electron chi connectivity index (χ3n) is 2.68. The Morgan fingerprint density at radius 1 is 1.46 bits per heavy atom. The van der Waals surface area contributed by atoms with Gasteiger partial charge in [0.05, 0.1) is 11.9 Å².